The summed E-state index contributed by atoms with van der Waals surface area (Å²) in [5, 5.41) is 6.55. The summed E-state index contributed by atoms with van der Waals surface area (Å²) < 4.78 is 11.6. The summed E-state index contributed by atoms with van der Waals surface area (Å²) in [7, 11) is 1.71. The van der Waals surface area contributed by atoms with Crippen molar-refractivity contribution in [2.24, 2.45) is 0 Å². The van der Waals surface area contributed by atoms with Crippen LogP contribution in [0.1, 0.15) is 31.2 Å². The van der Waals surface area contributed by atoms with Gasteiger partial charge in [0, 0.05) is 30.3 Å². The summed E-state index contributed by atoms with van der Waals surface area (Å²) in [6.45, 7) is 0.748. The number of benzene rings is 2. The standard InChI is InChI=1S/C29H28O2S3/c1-30-24-15-16-25(23-12-6-5-11-22(23)24)31-17-7-3-2-4-10-21-20-28(26-13-8-18-32-26)34-29(21)27-14-9-19-33-27/h5-6,8-9,11-16,18-20H,2-4,7,10,17H2,1H3. The van der Waals surface area contributed by atoms with E-state index in [4.69, 9.17) is 9.47 Å². The number of hydrogen-bond acceptors (Lipinski definition) is 5. The maximum Gasteiger partial charge on any atom is 0.127 e. The number of methoxy groups -OCH3 is 1. The average Bonchev–Trinajstić information content (AvgIpc) is 3.65. The van der Waals surface area contributed by atoms with Crippen LogP contribution in [0.15, 0.2) is 77.5 Å². The zero-order chi connectivity index (χ0) is 23.2. The molecule has 0 bridgehead atoms. The fourth-order valence-electron chi connectivity index (χ4n) is 4.27. The fourth-order valence-corrected chi connectivity index (χ4v) is 7.20. The second-order valence-electron chi connectivity index (χ2n) is 8.24. The molecule has 3 aromatic heterocycles. The van der Waals surface area contributed by atoms with Crippen LogP contribution in [0.25, 0.3) is 30.3 Å². The van der Waals surface area contributed by atoms with Crippen molar-refractivity contribution in [2.75, 3.05) is 13.7 Å². The van der Waals surface area contributed by atoms with Crippen molar-refractivity contribution in [2.45, 2.75) is 32.1 Å². The van der Waals surface area contributed by atoms with Crippen LogP contribution >= 0.6 is 34.0 Å². The highest BCUT2D eigenvalue weighted by molar-refractivity contribution is 7.26. The van der Waals surface area contributed by atoms with Crippen molar-refractivity contribution >= 4 is 44.8 Å². The molecule has 2 nitrogen and oxygen atoms in total. The van der Waals surface area contributed by atoms with Crippen LogP contribution in [0.4, 0.5) is 0 Å². The maximum atomic E-state index is 6.15. The first-order valence-corrected chi connectivity index (χ1v) is 14.3. The van der Waals surface area contributed by atoms with E-state index in [1.54, 1.807) is 7.11 Å². The van der Waals surface area contributed by atoms with Crippen LogP contribution in [-0.2, 0) is 6.42 Å². The molecule has 2 aromatic carbocycles. The molecule has 5 aromatic rings. The van der Waals surface area contributed by atoms with Gasteiger partial charge in [-0.3, -0.25) is 0 Å². The molecule has 34 heavy (non-hydrogen) atoms. The molecule has 0 saturated carbocycles. The van der Waals surface area contributed by atoms with Crippen molar-refractivity contribution in [1.29, 1.82) is 0 Å². The molecule has 0 N–H and O–H groups in total. The van der Waals surface area contributed by atoms with E-state index in [1.165, 1.54) is 44.3 Å². The minimum atomic E-state index is 0.748. The Morgan fingerprint density at radius 1 is 0.676 bits per heavy atom. The van der Waals surface area contributed by atoms with Crippen LogP contribution in [0.3, 0.4) is 0 Å². The molecule has 0 fully saturated rings. The Hall–Kier alpha value is -2.60. The quantitative estimate of drug-likeness (QED) is 0.167. The van der Waals surface area contributed by atoms with Crippen LogP contribution < -0.4 is 9.47 Å². The van der Waals surface area contributed by atoms with E-state index in [9.17, 15) is 0 Å². The van der Waals surface area contributed by atoms with Gasteiger partial charge in [0.2, 0.25) is 0 Å². The summed E-state index contributed by atoms with van der Waals surface area (Å²) >= 11 is 5.61. The number of ether oxygens (including phenoxy) is 2. The van der Waals surface area contributed by atoms with Crippen molar-refractivity contribution in [3.63, 3.8) is 0 Å². The molecule has 174 valence electrons. The molecule has 0 unspecified atom stereocenters. The highest BCUT2D eigenvalue weighted by Crippen LogP contribution is 2.42. The number of unbranched alkanes of at least 4 members (excludes halogenated alkanes) is 3. The molecule has 5 rings (SSSR count). The third-order valence-corrected chi connectivity index (χ3v) is 9.27. The largest absolute Gasteiger partial charge is 0.496 e. The molecule has 0 aliphatic heterocycles. The van der Waals surface area contributed by atoms with Crippen molar-refractivity contribution < 1.29 is 9.47 Å². The highest BCUT2D eigenvalue weighted by Gasteiger charge is 2.14. The second kappa shape index (κ2) is 11.2. The Balaban J connectivity index is 1.13. The van der Waals surface area contributed by atoms with E-state index < -0.39 is 0 Å². The molecule has 0 aliphatic rings. The summed E-state index contributed by atoms with van der Waals surface area (Å²) in [5.74, 6) is 1.83. The minimum Gasteiger partial charge on any atom is -0.496 e. The predicted octanol–water partition coefficient (Wildman–Crippen LogP) is 9.55. The monoisotopic (exact) mass is 504 g/mol. The van der Waals surface area contributed by atoms with Gasteiger partial charge >= 0.3 is 0 Å². The van der Waals surface area contributed by atoms with Crippen LogP contribution in [0.2, 0.25) is 0 Å². The summed E-state index contributed by atoms with van der Waals surface area (Å²) in [4.78, 5) is 5.61. The van der Waals surface area contributed by atoms with Crippen molar-refractivity contribution in [3.05, 3.63) is 83.1 Å². The van der Waals surface area contributed by atoms with Gasteiger partial charge in [-0.25, -0.2) is 0 Å². The molecular formula is C29H28O2S3. The SMILES string of the molecule is COc1ccc(OCCCCCCc2cc(-c3cccs3)sc2-c2cccs2)c2ccccc12. The summed E-state index contributed by atoms with van der Waals surface area (Å²) in [6.07, 6.45) is 5.83. The summed E-state index contributed by atoms with van der Waals surface area (Å²) in [6, 6.07) is 23.5. The van der Waals surface area contributed by atoms with Gasteiger partial charge in [0.25, 0.3) is 0 Å². The Bertz CT molecular complexity index is 1320. The Morgan fingerprint density at radius 2 is 1.38 bits per heavy atom. The fraction of sp³-hybridized carbons (Fsp3) is 0.241. The van der Waals surface area contributed by atoms with Gasteiger partial charge in [0.15, 0.2) is 0 Å². The lowest BCUT2D eigenvalue weighted by molar-refractivity contribution is 0.307. The van der Waals surface area contributed by atoms with Gasteiger partial charge in [-0.1, -0.05) is 49.2 Å². The Morgan fingerprint density at radius 3 is 2.12 bits per heavy atom. The van der Waals surface area contributed by atoms with Gasteiger partial charge in [-0.15, -0.1) is 34.0 Å². The number of hydrogen-bond donors (Lipinski definition) is 0. The van der Waals surface area contributed by atoms with Crippen LogP contribution in [-0.4, -0.2) is 13.7 Å². The van der Waals surface area contributed by atoms with Crippen molar-refractivity contribution in [3.8, 4) is 31.0 Å². The zero-order valence-corrected chi connectivity index (χ0v) is 21.7. The summed E-state index contributed by atoms with van der Waals surface area (Å²) in [5.41, 5.74) is 1.50. The van der Waals surface area contributed by atoms with Crippen molar-refractivity contribution in [1.82, 2.24) is 0 Å². The molecule has 0 atom stereocenters. The molecule has 0 spiro atoms. The van der Waals surface area contributed by atoms with Gasteiger partial charge in [0.05, 0.1) is 13.7 Å². The average molecular weight is 505 g/mol. The zero-order valence-electron chi connectivity index (χ0n) is 19.3. The second-order valence-corrected chi connectivity index (χ2v) is 11.2. The van der Waals surface area contributed by atoms with E-state index >= 15 is 0 Å². The first kappa shape index (κ1) is 23.2. The molecule has 0 amide bonds. The lowest BCUT2D eigenvalue weighted by Gasteiger charge is -2.12. The smallest absolute Gasteiger partial charge is 0.127 e. The molecule has 0 saturated heterocycles. The van der Waals surface area contributed by atoms with Gasteiger partial charge in [-0.05, 0) is 65.9 Å². The molecule has 3 heterocycles. The number of fused-ring (bicyclic) bond motifs is 1. The van der Waals surface area contributed by atoms with E-state index in [2.05, 4.69) is 53.2 Å². The van der Waals surface area contributed by atoms with Gasteiger partial charge in [0.1, 0.15) is 11.5 Å². The highest BCUT2D eigenvalue weighted by atomic mass is 32.1. The normalized spacial score (nSPS) is 11.2. The van der Waals surface area contributed by atoms with E-state index in [0.717, 1.165) is 41.7 Å². The van der Waals surface area contributed by atoms with Gasteiger partial charge in [-0.2, -0.15) is 0 Å². The van der Waals surface area contributed by atoms with Gasteiger partial charge < -0.3 is 9.47 Å². The molecule has 0 aliphatic carbocycles. The first-order valence-electron chi connectivity index (χ1n) is 11.7. The van der Waals surface area contributed by atoms with E-state index in [-0.39, 0.29) is 0 Å². The number of rotatable bonds is 11. The first-order chi connectivity index (χ1) is 16.8. The number of aryl methyl sites for hydroxylation is 1. The van der Waals surface area contributed by atoms with Crippen LogP contribution in [0, 0.1) is 0 Å². The Labute approximate surface area is 213 Å². The maximum absolute atomic E-state index is 6.15. The van der Waals surface area contributed by atoms with E-state index in [0.29, 0.717) is 0 Å². The molecular weight excluding hydrogens is 477 g/mol. The van der Waals surface area contributed by atoms with E-state index in [1.807, 2.05) is 58.3 Å². The third-order valence-electron chi connectivity index (χ3n) is 5.98. The predicted molar refractivity (Wildman–Crippen MR) is 149 cm³/mol. The topological polar surface area (TPSA) is 18.5 Å². The third kappa shape index (κ3) is 5.22. The minimum absolute atomic E-state index is 0.748. The number of thiophene rings is 3. The molecule has 5 heteroatoms. The Kier molecular flexibility index (Phi) is 7.64. The van der Waals surface area contributed by atoms with Crippen LogP contribution in [0.5, 0.6) is 11.5 Å². The lowest BCUT2D eigenvalue weighted by Crippen LogP contribution is -1.98. The lowest BCUT2D eigenvalue weighted by atomic mass is 10.1. The molecule has 0 radical (unpaired) electrons.